The Labute approximate surface area is 128 Å². The summed E-state index contributed by atoms with van der Waals surface area (Å²) in [6, 6.07) is 8.22. The lowest BCUT2D eigenvalue weighted by atomic mass is 10.0. The minimum atomic E-state index is 0.151. The Morgan fingerprint density at radius 3 is 2.75 bits per heavy atom. The van der Waals surface area contributed by atoms with Crippen LogP contribution in [0.2, 0.25) is 0 Å². The molecule has 4 heteroatoms. The van der Waals surface area contributed by atoms with Crippen molar-refractivity contribution in [2.75, 3.05) is 13.7 Å². The lowest BCUT2D eigenvalue weighted by Gasteiger charge is -2.18. The van der Waals surface area contributed by atoms with Gasteiger partial charge in [0.05, 0.1) is 19.4 Å². The highest BCUT2D eigenvalue weighted by Crippen LogP contribution is 2.29. The molecule has 1 aromatic carbocycles. The Hall–Kier alpha value is -1.26. The normalized spacial score (nSPS) is 12.4. The molecule has 2 rings (SSSR count). The number of rotatable bonds is 6. The molecular formula is C16H20BrNO2. The Kier molecular flexibility index (Phi) is 5.26. The first-order chi connectivity index (χ1) is 9.65. The smallest absolute Gasteiger partial charge is 0.123 e. The number of methoxy groups -OCH3 is 1. The average Bonchev–Trinajstić information content (AvgIpc) is 2.85. The number of furan rings is 1. The second kappa shape index (κ2) is 6.95. The third kappa shape index (κ3) is 3.44. The highest BCUT2D eigenvalue weighted by molar-refractivity contribution is 9.10. The molecule has 0 aliphatic carbocycles. The summed E-state index contributed by atoms with van der Waals surface area (Å²) < 4.78 is 12.1. The molecule has 108 valence electrons. The molecule has 1 heterocycles. The van der Waals surface area contributed by atoms with E-state index in [-0.39, 0.29) is 6.04 Å². The van der Waals surface area contributed by atoms with E-state index in [0.717, 1.165) is 34.5 Å². The van der Waals surface area contributed by atoms with E-state index in [1.807, 2.05) is 18.2 Å². The molecule has 1 N–H and O–H groups in total. The molecule has 0 saturated carbocycles. The van der Waals surface area contributed by atoms with Gasteiger partial charge >= 0.3 is 0 Å². The van der Waals surface area contributed by atoms with Crippen LogP contribution in [0, 0.1) is 6.92 Å². The van der Waals surface area contributed by atoms with Gasteiger partial charge in [0.1, 0.15) is 11.5 Å². The van der Waals surface area contributed by atoms with Gasteiger partial charge in [-0.05, 0) is 55.3 Å². The Morgan fingerprint density at radius 2 is 2.15 bits per heavy atom. The van der Waals surface area contributed by atoms with Gasteiger partial charge in [-0.25, -0.2) is 0 Å². The number of benzene rings is 1. The van der Waals surface area contributed by atoms with Crippen molar-refractivity contribution < 1.29 is 9.15 Å². The van der Waals surface area contributed by atoms with E-state index in [9.17, 15) is 0 Å². The van der Waals surface area contributed by atoms with Gasteiger partial charge in [0.25, 0.3) is 0 Å². The van der Waals surface area contributed by atoms with Crippen LogP contribution in [0.15, 0.2) is 39.4 Å². The maximum atomic E-state index is 5.64. The predicted molar refractivity (Wildman–Crippen MR) is 84.3 cm³/mol. The van der Waals surface area contributed by atoms with Gasteiger partial charge in [-0.3, -0.25) is 0 Å². The van der Waals surface area contributed by atoms with Gasteiger partial charge in [-0.15, -0.1) is 0 Å². The quantitative estimate of drug-likeness (QED) is 0.855. The summed E-state index contributed by atoms with van der Waals surface area (Å²) in [5, 5.41) is 3.48. The topological polar surface area (TPSA) is 34.4 Å². The average molecular weight is 338 g/mol. The van der Waals surface area contributed by atoms with Crippen LogP contribution in [0.4, 0.5) is 0 Å². The minimum absolute atomic E-state index is 0.151. The van der Waals surface area contributed by atoms with Crippen LogP contribution >= 0.6 is 15.9 Å². The molecule has 0 aliphatic rings. The third-order valence-corrected chi connectivity index (χ3v) is 3.83. The van der Waals surface area contributed by atoms with Crippen LogP contribution in [0.3, 0.4) is 0 Å². The van der Waals surface area contributed by atoms with Gasteiger partial charge in [0.2, 0.25) is 0 Å². The van der Waals surface area contributed by atoms with Crippen LogP contribution in [0.1, 0.15) is 29.9 Å². The molecule has 20 heavy (non-hydrogen) atoms. The maximum absolute atomic E-state index is 5.64. The van der Waals surface area contributed by atoms with E-state index in [0.29, 0.717) is 0 Å². The lowest BCUT2D eigenvalue weighted by molar-refractivity contribution is 0.391. The number of likely N-dealkylation sites (N-methyl/N-ethyl adjacent to an activating group) is 1. The van der Waals surface area contributed by atoms with Crippen molar-refractivity contribution in [1.29, 1.82) is 0 Å². The summed E-state index contributed by atoms with van der Waals surface area (Å²) in [6.45, 7) is 5.06. The van der Waals surface area contributed by atoms with E-state index in [1.165, 1.54) is 5.56 Å². The molecule has 2 aromatic rings. The Morgan fingerprint density at radius 1 is 1.35 bits per heavy atom. The summed E-state index contributed by atoms with van der Waals surface area (Å²) in [7, 11) is 1.70. The minimum Gasteiger partial charge on any atom is -0.496 e. The fourth-order valence-electron chi connectivity index (χ4n) is 2.37. The summed E-state index contributed by atoms with van der Waals surface area (Å²) >= 11 is 3.52. The van der Waals surface area contributed by atoms with E-state index in [2.05, 4.69) is 41.2 Å². The van der Waals surface area contributed by atoms with Crippen LogP contribution in [-0.4, -0.2) is 13.7 Å². The van der Waals surface area contributed by atoms with E-state index in [4.69, 9.17) is 9.15 Å². The van der Waals surface area contributed by atoms with Crippen molar-refractivity contribution in [3.63, 3.8) is 0 Å². The molecule has 0 spiro atoms. The fourth-order valence-corrected chi connectivity index (χ4v) is 2.78. The monoisotopic (exact) mass is 337 g/mol. The SMILES string of the molecule is CCNC(Cc1cc(Br)ccc1OC)c1occc1C. The van der Waals surface area contributed by atoms with Crippen LogP contribution in [-0.2, 0) is 6.42 Å². The van der Waals surface area contributed by atoms with Crippen molar-refractivity contribution in [3.8, 4) is 5.75 Å². The van der Waals surface area contributed by atoms with Gasteiger partial charge < -0.3 is 14.5 Å². The number of nitrogens with one attached hydrogen (secondary N) is 1. The Bertz CT molecular complexity index is 565. The first-order valence-electron chi connectivity index (χ1n) is 6.75. The summed E-state index contributed by atoms with van der Waals surface area (Å²) in [4.78, 5) is 0. The fraction of sp³-hybridized carbons (Fsp3) is 0.375. The predicted octanol–water partition coefficient (Wildman–Crippen LogP) is 4.25. The first-order valence-corrected chi connectivity index (χ1v) is 7.54. The van der Waals surface area contributed by atoms with Gasteiger partial charge in [-0.2, -0.15) is 0 Å². The molecule has 0 bridgehead atoms. The molecule has 0 fully saturated rings. The van der Waals surface area contributed by atoms with E-state index in [1.54, 1.807) is 13.4 Å². The molecule has 0 saturated heterocycles. The zero-order valence-electron chi connectivity index (χ0n) is 12.1. The second-order valence-electron chi connectivity index (χ2n) is 4.74. The van der Waals surface area contributed by atoms with Crippen molar-refractivity contribution >= 4 is 15.9 Å². The molecule has 0 radical (unpaired) electrons. The number of hydrogen-bond donors (Lipinski definition) is 1. The third-order valence-electron chi connectivity index (χ3n) is 3.34. The zero-order chi connectivity index (χ0) is 14.5. The van der Waals surface area contributed by atoms with Crippen molar-refractivity contribution in [2.24, 2.45) is 0 Å². The number of aryl methyl sites for hydroxylation is 1. The standard InChI is InChI=1S/C16H20BrNO2/c1-4-18-14(16-11(2)7-8-20-16)10-12-9-13(17)5-6-15(12)19-3/h5-9,14,18H,4,10H2,1-3H3. The summed E-state index contributed by atoms with van der Waals surface area (Å²) in [5.74, 6) is 1.90. The Balaban J connectivity index is 2.29. The zero-order valence-corrected chi connectivity index (χ0v) is 13.7. The number of hydrogen-bond acceptors (Lipinski definition) is 3. The molecule has 1 unspecified atom stereocenters. The van der Waals surface area contributed by atoms with E-state index >= 15 is 0 Å². The van der Waals surface area contributed by atoms with E-state index < -0.39 is 0 Å². The summed E-state index contributed by atoms with van der Waals surface area (Å²) in [6.07, 6.45) is 2.57. The highest BCUT2D eigenvalue weighted by atomic mass is 79.9. The molecular weight excluding hydrogens is 318 g/mol. The van der Waals surface area contributed by atoms with Crippen LogP contribution in [0.5, 0.6) is 5.75 Å². The molecule has 3 nitrogen and oxygen atoms in total. The van der Waals surface area contributed by atoms with Gasteiger partial charge in [0.15, 0.2) is 0 Å². The maximum Gasteiger partial charge on any atom is 0.123 e. The van der Waals surface area contributed by atoms with Gasteiger partial charge in [-0.1, -0.05) is 22.9 Å². The largest absolute Gasteiger partial charge is 0.496 e. The van der Waals surface area contributed by atoms with Crippen LogP contribution in [0.25, 0.3) is 0 Å². The van der Waals surface area contributed by atoms with Gasteiger partial charge in [0, 0.05) is 4.47 Å². The van der Waals surface area contributed by atoms with Crippen molar-refractivity contribution in [3.05, 3.63) is 51.9 Å². The first kappa shape index (κ1) is 15.1. The van der Waals surface area contributed by atoms with Crippen LogP contribution < -0.4 is 10.1 Å². The second-order valence-corrected chi connectivity index (χ2v) is 5.65. The molecule has 0 amide bonds. The van der Waals surface area contributed by atoms with Crippen molar-refractivity contribution in [2.45, 2.75) is 26.3 Å². The lowest BCUT2D eigenvalue weighted by Crippen LogP contribution is -2.23. The molecule has 1 atom stereocenters. The number of ether oxygens (including phenoxy) is 1. The van der Waals surface area contributed by atoms with Crippen molar-refractivity contribution in [1.82, 2.24) is 5.32 Å². The highest BCUT2D eigenvalue weighted by Gasteiger charge is 2.18. The number of halogens is 1. The molecule has 1 aromatic heterocycles. The molecule has 0 aliphatic heterocycles. The summed E-state index contributed by atoms with van der Waals surface area (Å²) in [5.41, 5.74) is 2.33.